The lowest BCUT2D eigenvalue weighted by Gasteiger charge is -2.20. The van der Waals surface area contributed by atoms with Gasteiger partial charge in [-0.25, -0.2) is 9.97 Å². The summed E-state index contributed by atoms with van der Waals surface area (Å²) in [5.41, 5.74) is 2.48. The maximum atomic E-state index is 12.7. The van der Waals surface area contributed by atoms with Gasteiger partial charge in [-0.15, -0.1) is 0 Å². The topological polar surface area (TPSA) is 71.0 Å². The molecule has 6 heteroatoms. The summed E-state index contributed by atoms with van der Waals surface area (Å²) < 4.78 is 0. The average Bonchev–Trinajstić information content (AvgIpc) is 2.72. The van der Waals surface area contributed by atoms with E-state index in [4.69, 9.17) is 0 Å². The number of hydrogen-bond donors (Lipinski definition) is 1. The van der Waals surface area contributed by atoms with Crippen molar-refractivity contribution in [2.75, 3.05) is 11.9 Å². The molecule has 26 heavy (non-hydrogen) atoms. The zero-order valence-corrected chi connectivity index (χ0v) is 14.7. The van der Waals surface area contributed by atoms with Crippen LogP contribution in [0.1, 0.15) is 28.5 Å². The van der Waals surface area contributed by atoms with Crippen LogP contribution < -0.4 is 5.32 Å². The number of amides is 1. The molecular formula is C20H21N5O. The maximum Gasteiger partial charge on any atom is 0.274 e. The molecule has 0 aliphatic rings. The van der Waals surface area contributed by atoms with E-state index in [0.717, 1.165) is 11.1 Å². The number of rotatable bonds is 7. The van der Waals surface area contributed by atoms with Crippen molar-refractivity contribution in [1.29, 1.82) is 0 Å². The maximum absolute atomic E-state index is 12.7. The van der Waals surface area contributed by atoms with Crippen LogP contribution in [-0.4, -0.2) is 32.3 Å². The molecule has 3 rings (SSSR count). The molecule has 0 aliphatic heterocycles. The van der Waals surface area contributed by atoms with Gasteiger partial charge in [0.25, 0.3) is 5.91 Å². The van der Waals surface area contributed by atoms with Crippen molar-refractivity contribution in [3.63, 3.8) is 0 Å². The first-order valence-electron chi connectivity index (χ1n) is 8.54. The summed E-state index contributed by atoms with van der Waals surface area (Å²) in [7, 11) is 0. The zero-order chi connectivity index (χ0) is 18.2. The lowest BCUT2D eigenvalue weighted by Crippen LogP contribution is -2.31. The van der Waals surface area contributed by atoms with Gasteiger partial charge in [-0.1, -0.05) is 36.4 Å². The first-order chi connectivity index (χ1) is 12.8. The number of carbonyl (C=O) groups is 1. The second kappa shape index (κ2) is 8.71. The van der Waals surface area contributed by atoms with Crippen molar-refractivity contribution in [3.05, 3.63) is 84.1 Å². The molecule has 0 fully saturated rings. The number of anilines is 1. The Balaban J connectivity index is 1.62. The van der Waals surface area contributed by atoms with Crippen LogP contribution in [0.4, 0.5) is 5.82 Å². The highest BCUT2D eigenvalue weighted by Gasteiger charge is 2.16. The molecule has 2 heterocycles. The predicted molar refractivity (Wildman–Crippen MR) is 100 cm³/mol. The molecule has 2 aromatic heterocycles. The monoisotopic (exact) mass is 347 g/mol. The molecule has 0 saturated heterocycles. The smallest absolute Gasteiger partial charge is 0.274 e. The molecule has 132 valence electrons. The lowest BCUT2D eigenvalue weighted by molar-refractivity contribution is 0.0746. The van der Waals surface area contributed by atoms with Gasteiger partial charge in [-0.05, 0) is 24.1 Å². The van der Waals surface area contributed by atoms with E-state index in [1.165, 1.54) is 6.20 Å². The molecule has 0 aliphatic carbocycles. The fourth-order valence-electron chi connectivity index (χ4n) is 2.52. The average molecular weight is 347 g/mol. The Morgan fingerprint density at radius 2 is 1.81 bits per heavy atom. The van der Waals surface area contributed by atoms with E-state index in [1.54, 1.807) is 23.5 Å². The molecule has 0 atom stereocenters. The highest BCUT2D eigenvalue weighted by atomic mass is 16.2. The predicted octanol–water partition coefficient (Wildman–Crippen LogP) is 3.15. The van der Waals surface area contributed by atoms with Gasteiger partial charge in [0.1, 0.15) is 11.5 Å². The third kappa shape index (κ3) is 4.63. The van der Waals surface area contributed by atoms with Gasteiger partial charge in [-0.3, -0.25) is 9.78 Å². The van der Waals surface area contributed by atoms with Crippen molar-refractivity contribution in [1.82, 2.24) is 19.9 Å². The Morgan fingerprint density at radius 3 is 2.46 bits per heavy atom. The van der Waals surface area contributed by atoms with Crippen LogP contribution in [0, 0.1) is 0 Å². The van der Waals surface area contributed by atoms with E-state index in [1.807, 2.05) is 49.4 Å². The van der Waals surface area contributed by atoms with Crippen molar-refractivity contribution < 1.29 is 4.79 Å². The molecule has 6 nitrogen and oxygen atoms in total. The summed E-state index contributed by atoms with van der Waals surface area (Å²) in [4.78, 5) is 27.1. The van der Waals surface area contributed by atoms with Crippen LogP contribution in [0.3, 0.4) is 0 Å². The van der Waals surface area contributed by atoms with Crippen LogP contribution in [0.2, 0.25) is 0 Å². The fraction of sp³-hybridized carbons (Fsp3) is 0.200. The number of aromatic nitrogens is 3. The zero-order valence-electron chi connectivity index (χ0n) is 14.7. The van der Waals surface area contributed by atoms with Gasteiger partial charge in [0, 0.05) is 32.0 Å². The number of nitrogens with zero attached hydrogens (tertiary/aromatic N) is 4. The van der Waals surface area contributed by atoms with E-state index in [-0.39, 0.29) is 5.91 Å². The van der Waals surface area contributed by atoms with Crippen molar-refractivity contribution in [2.45, 2.75) is 20.0 Å². The molecule has 1 amide bonds. The molecule has 0 saturated carbocycles. The quantitative estimate of drug-likeness (QED) is 0.711. The third-order valence-corrected chi connectivity index (χ3v) is 3.95. The minimum Gasteiger partial charge on any atom is -0.365 e. The Kier molecular flexibility index (Phi) is 5.88. The van der Waals surface area contributed by atoms with E-state index in [9.17, 15) is 4.79 Å². The van der Waals surface area contributed by atoms with Gasteiger partial charge < -0.3 is 10.2 Å². The Labute approximate surface area is 153 Å². The highest BCUT2D eigenvalue weighted by Crippen LogP contribution is 2.10. The van der Waals surface area contributed by atoms with Gasteiger partial charge in [-0.2, -0.15) is 0 Å². The van der Waals surface area contributed by atoms with Crippen LogP contribution in [0.5, 0.6) is 0 Å². The van der Waals surface area contributed by atoms with Crippen LogP contribution in [-0.2, 0) is 13.1 Å². The molecule has 3 aromatic rings. The molecule has 0 radical (unpaired) electrons. The number of pyridine rings is 1. The highest BCUT2D eigenvalue weighted by molar-refractivity contribution is 5.92. The Hall–Kier alpha value is -3.28. The van der Waals surface area contributed by atoms with E-state index < -0.39 is 0 Å². The second-order valence-electron chi connectivity index (χ2n) is 5.81. The number of carbonyl (C=O) groups excluding carboxylic acids is 1. The first kappa shape index (κ1) is 17.5. The first-order valence-corrected chi connectivity index (χ1v) is 8.54. The number of benzene rings is 1. The van der Waals surface area contributed by atoms with Gasteiger partial charge in [0.2, 0.25) is 0 Å². The van der Waals surface area contributed by atoms with E-state index in [0.29, 0.717) is 31.1 Å². The standard InChI is InChI=1S/C20H21N5O/c1-2-25(15-16-7-4-3-5-8-16)20(26)18-13-24-19(14-22-18)23-12-17-9-6-10-21-11-17/h3-11,13-14H,2,12,15H2,1H3,(H,23,24). The van der Waals surface area contributed by atoms with Crippen LogP contribution in [0.15, 0.2) is 67.3 Å². The largest absolute Gasteiger partial charge is 0.365 e. The van der Waals surface area contributed by atoms with Gasteiger partial charge in [0.15, 0.2) is 0 Å². The van der Waals surface area contributed by atoms with E-state index >= 15 is 0 Å². The summed E-state index contributed by atoms with van der Waals surface area (Å²) in [6.07, 6.45) is 6.63. The Morgan fingerprint density at radius 1 is 1.00 bits per heavy atom. The minimum atomic E-state index is -0.123. The lowest BCUT2D eigenvalue weighted by atomic mass is 10.2. The van der Waals surface area contributed by atoms with Crippen molar-refractivity contribution in [2.24, 2.45) is 0 Å². The summed E-state index contributed by atoms with van der Waals surface area (Å²) >= 11 is 0. The summed E-state index contributed by atoms with van der Waals surface area (Å²) in [6, 6.07) is 13.8. The molecular weight excluding hydrogens is 326 g/mol. The van der Waals surface area contributed by atoms with Crippen molar-refractivity contribution in [3.8, 4) is 0 Å². The summed E-state index contributed by atoms with van der Waals surface area (Å²) in [6.45, 7) is 3.72. The summed E-state index contributed by atoms with van der Waals surface area (Å²) in [5.74, 6) is 0.499. The van der Waals surface area contributed by atoms with Crippen molar-refractivity contribution >= 4 is 11.7 Å². The van der Waals surface area contributed by atoms with Gasteiger partial charge in [0.05, 0.1) is 12.4 Å². The molecule has 0 unspecified atom stereocenters. The normalized spacial score (nSPS) is 10.3. The van der Waals surface area contributed by atoms with Crippen LogP contribution in [0.25, 0.3) is 0 Å². The SMILES string of the molecule is CCN(Cc1ccccc1)C(=O)c1cnc(NCc2cccnc2)cn1. The van der Waals surface area contributed by atoms with Crippen LogP contribution >= 0.6 is 0 Å². The molecule has 0 spiro atoms. The Bertz CT molecular complexity index is 822. The number of hydrogen-bond acceptors (Lipinski definition) is 5. The van der Waals surface area contributed by atoms with E-state index in [2.05, 4.69) is 20.3 Å². The summed E-state index contributed by atoms with van der Waals surface area (Å²) in [5, 5.41) is 3.17. The second-order valence-corrected chi connectivity index (χ2v) is 5.81. The number of nitrogens with one attached hydrogen (secondary N) is 1. The molecule has 1 N–H and O–H groups in total. The molecule has 1 aromatic carbocycles. The van der Waals surface area contributed by atoms with Gasteiger partial charge >= 0.3 is 0 Å². The fourth-order valence-corrected chi connectivity index (χ4v) is 2.52. The third-order valence-electron chi connectivity index (χ3n) is 3.95. The molecule has 0 bridgehead atoms. The minimum absolute atomic E-state index is 0.123.